The normalized spacial score (nSPS) is 49.0. The lowest BCUT2D eigenvalue weighted by Crippen LogP contribution is -2.62. The van der Waals surface area contributed by atoms with Gasteiger partial charge in [0.2, 0.25) is 0 Å². The molecule has 41 heavy (non-hydrogen) atoms. The zero-order valence-corrected chi connectivity index (χ0v) is 25.1. The second kappa shape index (κ2) is 11.4. The molecule has 2 saturated heterocycles. The molecule has 0 bridgehead atoms. The van der Waals surface area contributed by atoms with Gasteiger partial charge < -0.3 is 40.3 Å². The number of fused-ring (bicyclic) bond motifs is 5. The van der Waals surface area contributed by atoms with Gasteiger partial charge in [-0.1, -0.05) is 44.1 Å². The van der Waals surface area contributed by atoms with Crippen LogP contribution in [-0.2, 0) is 9.47 Å². The number of ether oxygens (including phenoxy) is 2. The minimum Gasteiger partial charge on any atom is -0.394 e. The van der Waals surface area contributed by atoms with Crippen molar-refractivity contribution in [3.05, 3.63) is 34.4 Å². The molecule has 6 rings (SSSR count). The molecule has 2 aliphatic heterocycles. The van der Waals surface area contributed by atoms with Crippen molar-refractivity contribution >= 4 is 0 Å². The van der Waals surface area contributed by atoms with Crippen molar-refractivity contribution in [2.75, 3.05) is 13.2 Å². The average Bonchev–Trinajstić information content (AvgIpc) is 3.35. The van der Waals surface area contributed by atoms with E-state index in [-0.39, 0.29) is 29.6 Å². The van der Waals surface area contributed by atoms with E-state index in [1.165, 1.54) is 22.3 Å². The Labute approximate surface area is 244 Å². The number of aliphatic hydroxyl groups is 5. The lowest BCUT2D eigenvalue weighted by atomic mass is 9.56. The highest BCUT2D eigenvalue weighted by atomic mass is 16.7. The largest absolute Gasteiger partial charge is 0.394 e. The Bertz CT molecular complexity index is 1090. The Morgan fingerprint density at radius 3 is 2.68 bits per heavy atom. The Balaban J connectivity index is 1.23. The lowest BCUT2D eigenvalue weighted by Gasteiger charge is -2.49. The molecule has 6 aliphatic rings. The third-order valence-electron chi connectivity index (χ3n) is 11.9. The zero-order valence-electron chi connectivity index (χ0n) is 25.1. The fourth-order valence-corrected chi connectivity index (χ4v) is 9.41. The first-order chi connectivity index (χ1) is 19.5. The van der Waals surface area contributed by atoms with Crippen LogP contribution < -0.4 is 5.32 Å². The summed E-state index contributed by atoms with van der Waals surface area (Å²) < 4.78 is 12.1. The highest BCUT2D eigenvalue weighted by molar-refractivity contribution is 5.46. The van der Waals surface area contributed by atoms with Gasteiger partial charge in [0, 0.05) is 6.04 Å². The quantitative estimate of drug-likeness (QED) is 0.277. The van der Waals surface area contributed by atoms with Gasteiger partial charge in [-0.15, -0.1) is 0 Å². The molecule has 6 N–H and O–H groups in total. The minimum atomic E-state index is -1.45. The molecule has 0 aromatic heterocycles. The Morgan fingerprint density at radius 2 is 1.93 bits per heavy atom. The summed E-state index contributed by atoms with van der Waals surface area (Å²) in [5.41, 5.74) is 6.06. The summed E-state index contributed by atoms with van der Waals surface area (Å²) in [7, 11) is 0. The third kappa shape index (κ3) is 5.10. The molecule has 8 nitrogen and oxygen atoms in total. The van der Waals surface area contributed by atoms with Crippen molar-refractivity contribution in [2.45, 2.75) is 122 Å². The van der Waals surface area contributed by atoms with Gasteiger partial charge in [-0.05, 0) is 105 Å². The molecule has 1 saturated carbocycles. The van der Waals surface area contributed by atoms with E-state index in [0.29, 0.717) is 23.7 Å². The Kier molecular flexibility index (Phi) is 8.35. The smallest absolute Gasteiger partial charge is 0.187 e. The second-order valence-electron chi connectivity index (χ2n) is 14.3. The predicted molar refractivity (Wildman–Crippen MR) is 155 cm³/mol. The number of allylic oxidation sites excluding steroid dienone is 4. The number of piperidine rings is 1. The molecular weight excluding hydrogens is 522 g/mol. The fourth-order valence-electron chi connectivity index (χ4n) is 9.41. The summed E-state index contributed by atoms with van der Waals surface area (Å²) in [4.78, 5) is 0. The molecule has 0 spiro atoms. The molecule has 14 atom stereocenters. The highest BCUT2D eigenvalue weighted by Crippen LogP contribution is 2.61. The van der Waals surface area contributed by atoms with E-state index < -0.39 is 37.3 Å². The molecule has 0 unspecified atom stereocenters. The van der Waals surface area contributed by atoms with Crippen LogP contribution in [0.5, 0.6) is 0 Å². The predicted octanol–water partition coefficient (Wildman–Crippen LogP) is 2.59. The van der Waals surface area contributed by atoms with E-state index in [1.54, 1.807) is 0 Å². The maximum absolute atomic E-state index is 10.7. The van der Waals surface area contributed by atoms with Crippen LogP contribution in [0, 0.1) is 35.0 Å². The van der Waals surface area contributed by atoms with E-state index in [9.17, 15) is 25.5 Å². The number of nitrogens with one attached hydrogen (secondary N) is 1. The van der Waals surface area contributed by atoms with Gasteiger partial charge in [0.25, 0.3) is 0 Å². The SMILES string of the molecule is CC1=C([C@H](C)[C@@H]2NC[C@@H](C)C[C@H]2O[C@@H]2O[C@H](CO)[C@@H](O)[C@@H](O)[C@@H]2O)CC[C@H]2C1=C[C@H]1[C@@H]2CC=C2C[C@@H](O)CC[C@@]21C. The van der Waals surface area contributed by atoms with Crippen molar-refractivity contribution < 1.29 is 35.0 Å². The van der Waals surface area contributed by atoms with E-state index >= 15 is 0 Å². The summed E-state index contributed by atoms with van der Waals surface area (Å²) in [5.74, 6) is 2.36. The Morgan fingerprint density at radius 1 is 1.15 bits per heavy atom. The van der Waals surface area contributed by atoms with Crippen molar-refractivity contribution in [3.8, 4) is 0 Å². The molecule has 0 aromatic rings. The summed E-state index contributed by atoms with van der Waals surface area (Å²) in [5, 5.41) is 54.9. The van der Waals surface area contributed by atoms with Gasteiger partial charge in [0.05, 0.1) is 18.8 Å². The van der Waals surface area contributed by atoms with E-state index in [4.69, 9.17) is 9.47 Å². The number of hydrogen-bond acceptors (Lipinski definition) is 8. The minimum absolute atomic E-state index is 0.00923. The monoisotopic (exact) mass is 573 g/mol. The standard InChI is InChI=1S/C33H51NO7/c1-16-11-26(40-32-31(39)30(38)29(37)27(15-35)41-32)28(34-14-16)18(3)21-7-8-22-23-6-5-19-12-20(36)9-10-33(19,4)25(23)13-24(22)17(21)2/h5,13,16,18,20,22-23,25-32,34-39H,6-12,14-15H2,1-4H3/t16-,18-,20-,22+,23+,25-,26+,27+,28-,29+,30+,31-,32+,33-/m0/s1. The molecule has 2 heterocycles. The third-order valence-corrected chi connectivity index (χ3v) is 11.9. The molecule has 230 valence electrons. The number of aliphatic hydroxyl groups excluding tert-OH is 5. The molecular formula is C33H51NO7. The van der Waals surface area contributed by atoms with Gasteiger partial charge in [0.1, 0.15) is 24.4 Å². The van der Waals surface area contributed by atoms with E-state index in [0.717, 1.165) is 51.5 Å². The number of hydrogen-bond donors (Lipinski definition) is 6. The van der Waals surface area contributed by atoms with Gasteiger partial charge in [-0.2, -0.15) is 0 Å². The highest BCUT2D eigenvalue weighted by Gasteiger charge is 2.52. The average molecular weight is 574 g/mol. The molecule has 4 aliphatic carbocycles. The lowest BCUT2D eigenvalue weighted by molar-refractivity contribution is -0.315. The maximum atomic E-state index is 10.7. The number of rotatable bonds is 5. The van der Waals surface area contributed by atoms with Crippen LogP contribution in [0.25, 0.3) is 0 Å². The summed E-state index contributed by atoms with van der Waals surface area (Å²) in [6.07, 6.45) is 5.18. The van der Waals surface area contributed by atoms with Crippen LogP contribution in [0.4, 0.5) is 0 Å². The van der Waals surface area contributed by atoms with Crippen LogP contribution in [0.15, 0.2) is 34.4 Å². The maximum Gasteiger partial charge on any atom is 0.187 e. The molecule has 3 fully saturated rings. The van der Waals surface area contributed by atoms with E-state index in [2.05, 4.69) is 45.2 Å². The van der Waals surface area contributed by atoms with Gasteiger partial charge >= 0.3 is 0 Å². The van der Waals surface area contributed by atoms with Crippen LogP contribution in [-0.4, -0.2) is 87.6 Å². The van der Waals surface area contributed by atoms with E-state index in [1.807, 2.05) is 0 Å². The molecule has 8 heteroatoms. The van der Waals surface area contributed by atoms with Gasteiger partial charge in [-0.25, -0.2) is 0 Å². The van der Waals surface area contributed by atoms with Crippen LogP contribution in [0.3, 0.4) is 0 Å². The van der Waals surface area contributed by atoms with Crippen LogP contribution in [0.2, 0.25) is 0 Å². The summed E-state index contributed by atoms with van der Waals surface area (Å²) in [6.45, 7) is 9.61. The molecule has 0 amide bonds. The molecule has 0 aromatic carbocycles. The Hall–Kier alpha value is -1.10. The van der Waals surface area contributed by atoms with Gasteiger partial charge in [-0.3, -0.25) is 0 Å². The topological polar surface area (TPSA) is 132 Å². The first kappa shape index (κ1) is 29.9. The first-order valence-corrected chi connectivity index (χ1v) is 16.0. The zero-order chi connectivity index (χ0) is 29.2. The van der Waals surface area contributed by atoms with Crippen molar-refractivity contribution in [1.82, 2.24) is 5.32 Å². The van der Waals surface area contributed by atoms with Crippen molar-refractivity contribution in [3.63, 3.8) is 0 Å². The second-order valence-corrected chi connectivity index (χ2v) is 14.3. The van der Waals surface area contributed by atoms with Crippen molar-refractivity contribution in [1.29, 1.82) is 0 Å². The van der Waals surface area contributed by atoms with Crippen LogP contribution in [0.1, 0.15) is 72.6 Å². The summed E-state index contributed by atoms with van der Waals surface area (Å²) in [6, 6.07) is 0.00923. The van der Waals surface area contributed by atoms with Crippen LogP contribution >= 0.6 is 0 Å². The fraction of sp³-hybridized carbons (Fsp3) is 0.818. The summed E-state index contributed by atoms with van der Waals surface area (Å²) >= 11 is 0. The molecule has 0 radical (unpaired) electrons. The van der Waals surface area contributed by atoms with Crippen molar-refractivity contribution in [2.24, 2.45) is 35.0 Å². The first-order valence-electron chi connectivity index (χ1n) is 16.0. The van der Waals surface area contributed by atoms with Gasteiger partial charge in [0.15, 0.2) is 6.29 Å².